The molecule has 0 aliphatic carbocycles. The molecule has 2 amide bonds. The molecule has 0 aromatic heterocycles. The molecule has 0 unspecified atom stereocenters. The van der Waals surface area contributed by atoms with Crippen molar-refractivity contribution in [1.29, 1.82) is 5.26 Å². The minimum absolute atomic E-state index is 0.00676. The van der Waals surface area contributed by atoms with E-state index in [1.54, 1.807) is 36.4 Å². The number of rotatable bonds is 14. The molecule has 0 radical (unpaired) electrons. The number of nitrogens with one attached hydrogen (secondary N) is 2. The third-order valence-corrected chi connectivity index (χ3v) is 5.90. The SMILES string of the molecule is CCCCCCCCNC(=O)/C(C#N)=C/c1ccc(OCC(=O)Nc2c(Cl)cccc2Cl)c(OC)c1. The number of carbonyl (C=O) groups excluding carboxylic acids is 2. The molecule has 7 nitrogen and oxygen atoms in total. The number of unbranched alkanes of at least 4 members (excludes halogenated alkanes) is 5. The summed E-state index contributed by atoms with van der Waals surface area (Å²) in [7, 11) is 1.46. The zero-order valence-corrected chi connectivity index (χ0v) is 22.0. The average molecular weight is 532 g/mol. The number of amides is 2. The van der Waals surface area contributed by atoms with E-state index >= 15 is 0 Å². The van der Waals surface area contributed by atoms with Gasteiger partial charge in [-0.2, -0.15) is 5.26 Å². The van der Waals surface area contributed by atoms with E-state index in [4.69, 9.17) is 32.7 Å². The van der Waals surface area contributed by atoms with Crippen LogP contribution >= 0.6 is 23.2 Å². The summed E-state index contributed by atoms with van der Waals surface area (Å²) < 4.78 is 10.9. The highest BCUT2D eigenvalue weighted by Crippen LogP contribution is 2.31. The van der Waals surface area contributed by atoms with Gasteiger partial charge in [-0.15, -0.1) is 0 Å². The Hall–Kier alpha value is -3.21. The number of nitrogens with zero attached hydrogens (tertiary/aromatic N) is 1. The van der Waals surface area contributed by atoms with Crippen molar-refractivity contribution in [2.45, 2.75) is 45.4 Å². The van der Waals surface area contributed by atoms with E-state index < -0.39 is 11.8 Å². The highest BCUT2D eigenvalue weighted by molar-refractivity contribution is 6.39. The van der Waals surface area contributed by atoms with Crippen molar-refractivity contribution in [3.05, 3.63) is 57.6 Å². The molecule has 9 heteroatoms. The van der Waals surface area contributed by atoms with Gasteiger partial charge in [-0.3, -0.25) is 9.59 Å². The van der Waals surface area contributed by atoms with Crippen molar-refractivity contribution in [3.8, 4) is 17.6 Å². The minimum atomic E-state index is -0.454. The van der Waals surface area contributed by atoms with Crippen LogP contribution in [0, 0.1) is 11.3 Å². The van der Waals surface area contributed by atoms with Gasteiger partial charge in [-0.1, -0.05) is 74.4 Å². The van der Waals surface area contributed by atoms with Crippen LogP contribution in [0.15, 0.2) is 42.0 Å². The third-order valence-electron chi connectivity index (χ3n) is 5.27. The van der Waals surface area contributed by atoms with Crippen LogP contribution in [-0.2, 0) is 9.59 Å². The van der Waals surface area contributed by atoms with Gasteiger partial charge in [0.25, 0.3) is 11.8 Å². The fourth-order valence-corrected chi connectivity index (χ4v) is 3.84. The molecule has 192 valence electrons. The topological polar surface area (TPSA) is 100 Å². The molecule has 0 saturated heterocycles. The number of anilines is 1. The molecule has 0 aliphatic heterocycles. The molecule has 0 saturated carbocycles. The van der Waals surface area contributed by atoms with Gasteiger partial charge in [-0.25, -0.2) is 0 Å². The number of halogens is 2. The number of hydrogen-bond donors (Lipinski definition) is 2. The standard InChI is InChI=1S/C27H31Cl2N3O4/c1-3-4-5-6-7-8-14-31-27(34)20(17-30)15-19-12-13-23(24(16-19)35-2)36-18-25(33)32-26-21(28)10-9-11-22(26)29/h9-13,15-16H,3-8,14,18H2,1-2H3,(H,31,34)(H,32,33)/b20-15+. The quantitative estimate of drug-likeness (QED) is 0.167. The summed E-state index contributed by atoms with van der Waals surface area (Å²) in [4.78, 5) is 24.7. The number of carbonyl (C=O) groups is 2. The Morgan fingerprint density at radius 2 is 1.72 bits per heavy atom. The Bertz CT molecular complexity index is 1090. The van der Waals surface area contributed by atoms with Crippen molar-refractivity contribution in [2.75, 3.05) is 25.6 Å². The third kappa shape index (κ3) is 9.44. The molecule has 0 spiro atoms. The lowest BCUT2D eigenvalue weighted by atomic mass is 10.1. The lowest BCUT2D eigenvalue weighted by Gasteiger charge is -2.13. The fourth-order valence-electron chi connectivity index (χ4n) is 3.35. The molecule has 2 N–H and O–H groups in total. The van der Waals surface area contributed by atoms with Crippen molar-refractivity contribution < 1.29 is 19.1 Å². The van der Waals surface area contributed by atoms with E-state index in [-0.39, 0.29) is 12.2 Å². The normalized spacial score (nSPS) is 10.9. The number of methoxy groups -OCH3 is 1. The Morgan fingerprint density at radius 3 is 2.39 bits per heavy atom. The smallest absolute Gasteiger partial charge is 0.262 e. The number of benzene rings is 2. The van der Waals surface area contributed by atoms with Gasteiger partial charge < -0.3 is 20.1 Å². The van der Waals surface area contributed by atoms with E-state index in [1.807, 2.05) is 6.07 Å². The van der Waals surface area contributed by atoms with Crippen molar-refractivity contribution >= 4 is 46.8 Å². The lowest BCUT2D eigenvalue weighted by molar-refractivity contribution is -0.118. The summed E-state index contributed by atoms with van der Waals surface area (Å²) in [6.07, 6.45) is 8.18. The summed E-state index contributed by atoms with van der Waals surface area (Å²) in [5.74, 6) is -0.205. The molecule has 0 atom stereocenters. The van der Waals surface area contributed by atoms with E-state index in [1.165, 1.54) is 32.4 Å². The number of nitriles is 1. The first-order valence-corrected chi connectivity index (χ1v) is 12.6. The zero-order chi connectivity index (χ0) is 26.3. The molecular weight excluding hydrogens is 501 g/mol. The van der Waals surface area contributed by atoms with Gasteiger partial charge in [0, 0.05) is 6.54 Å². The number of ether oxygens (including phenoxy) is 2. The zero-order valence-electron chi connectivity index (χ0n) is 20.5. The Labute approximate surface area is 222 Å². The van der Waals surface area contributed by atoms with Gasteiger partial charge in [0.2, 0.25) is 0 Å². The summed E-state index contributed by atoms with van der Waals surface area (Å²) in [5.41, 5.74) is 0.881. The van der Waals surface area contributed by atoms with Gasteiger partial charge >= 0.3 is 0 Å². The first kappa shape index (κ1) is 29.0. The van der Waals surface area contributed by atoms with E-state index in [2.05, 4.69) is 17.6 Å². The largest absolute Gasteiger partial charge is 0.493 e. The van der Waals surface area contributed by atoms with E-state index in [0.29, 0.717) is 39.3 Å². The van der Waals surface area contributed by atoms with Crippen molar-refractivity contribution in [3.63, 3.8) is 0 Å². The van der Waals surface area contributed by atoms with Crippen LogP contribution in [0.1, 0.15) is 51.0 Å². The summed E-state index contributed by atoms with van der Waals surface area (Å²) in [6.45, 7) is 2.39. The van der Waals surface area contributed by atoms with Crippen molar-refractivity contribution in [2.24, 2.45) is 0 Å². The predicted molar refractivity (Wildman–Crippen MR) is 144 cm³/mol. The van der Waals surface area contributed by atoms with Crippen LogP contribution in [0.5, 0.6) is 11.5 Å². The fraction of sp³-hybridized carbons (Fsp3) is 0.370. The molecule has 0 heterocycles. The highest BCUT2D eigenvalue weighted by Gasteiger charge is 2.13. The molecule has 2 aromatic rings. The summed E-state index contributed by atoms with van der Waals surface area (Å²) in [5, 5.41) is 15.5. The van der Waals surface area contributed by atoms with Gasteiger partial charge in [0.05, 0.1) is 22.8 Å². The monoisotopic (exact) mass is 531 g/mol. The molecule has 36 heavy (non-hydrogen) atoms. The second-order valence-electron chi connectivity index (χ2n) is 8.04. The van der Waals surface area contributed by atoms with Crippen LogP contribution in [-0.4, -0.2) is 32.1 Å². The maximum atomic E-state index is 12.4. The molecule has 2 aromatic carbocycles. The lowest BCUT2D eigenvalue weighted by Crippen LogP contribution is -2.25. The van der Waals surface area contributed by atoms with Gasteiger partial charge in [0.1, 0.15) is 11.6 Å². The van der Waals surface area contributed by atoms with Crippen LogP contribution in [0.4, 0.5) is 5.69 Å². The van der Waals surface area contributed by atoms with E-state index in [9.17, 15) is 14.9 Å². The molecule has 0 aliphatic rings. The maximum Gasteiger partial charge on any atom is 0.262 e. The van der Waals surface area contributed by atoms with Crippen LogP contribution in [0.2, 0.25) is 10.0 Å². The Morgan fingerprint density at radius 1 is 1.03 bits per heavy atom. The van der Waals surface area contributed by atoms with Gasteiger partial charge in [-0.05, 0) is 42.3 Å². The second kappa shape index (κ2) is 15.7. The molecule has 0 bridgehead atoms. The van der Waals surface area contributed by atoms with E-state index in [0.717, 1.165) is 19.3 Å². The first-order chi connectivity index (χ1) is 17.4. The molecule has 0 fully saturated rings. The second-order valence-corrected chi connectivity index (χ2v) is 8.85. The molecular formula is C27H31Cl2N3O4. The maximum absolute atomic E-state index is 12.4. The molecule has 2 rings (SSSR count). The van der Waals surface area contributed by atoms with Crippen LogP contribution < -0.4 is 20.1 Å². The highest BCUT2D eigenvalue weighted by atomic mass is 35.5. The predicted octanol–water partition coefficient (Wildman–Crippen LogP) is 6.40. The summed E-state index contributed by atoms with van der Waals surface area (Å²) >= 11 is 12.1. The first-order valence-electron chi connectivity index (χ1n) is 11.8. The minimum Gasteiger partial charge on any atom is -0.493 e. The van der Waals surface area contributed by atoms with Crippen LogP contribution in [0.25, 0.3) is 6.08 Å². The number of para-hydroxylation sites is 1. The number of hydrogen-bond acceptors (Lipinski definition) is 5. The Kier molecular flexibility index (Phi) is 12.7. The van der Waals surface area contributed by atoms with Gasteiger partial charge in [0.15, 0.2) is 18.1 Å². The summed E-state index contributed by atoms with van der Waals surface area (Å²) in [6, 6.07) is 11.7. The van der Waals surface area contributed by atoms with Crippen LogP contribution in [0.3, 0.4) is 0 Å². The van der Waals surface area contributed by atoms with Crippen molar-refractivity contribution in [1.82, 2.24) is 5.32 Å². The average Bonchev–Trinajstić information content (AvgIpc) is 2.87. The Balaban J connectivity index is 1.95.